The third-order valence-electron chi connectivity index (χ3n) is 2.72. The molecular formula is C13H11BrF2N2O2S. The van der Waals surface area contributed by atoms with Crippen LogP contribution in [0.15, 0.2) is 28.0 Å². The van der Waals surface area contributed by atoms with Crippen molar-refractivity contribution < 1.29 is 18.7 Å². The fourth-order valence-electron chi connectivity index (χ4n) is 1.79. The Morgan fingerprint density at radius 3 is 2.76 bits per heavy atom. The standard InChI is InChI=1S/C13H11BrF2N2O2S/c1-2-7-5-17-13(21-6-12(19)20)18(7)11-3-8(14)9(15)4-10(11)16/h3-5H,2,6H2,1H3,(H,19,20). The summed E-state index contributed by atoms with van der Waals surface area (Å²) in [6.07, 6.45) is 2.13. The highest BCUT2D eigenvalue weighted by molar-refractivity contribution is 9.10. The second kappa shape index (κ2) is 6.57. The fraction of sp³-hybridized carbons (Fsp3) is 0.231. The second-order valence-corrected chi connectivity index (χ2v) is 5.92. The van der Waals surface area contributed by atoms with Crippen molar-refractivity contribution in [3.63, 3.8) is 0 Å². The van der Waals surface area contributed by atoms with Crippen LogP contribution in [-0.4, -0.2) is 26.4 Å². The number of thioether (sulfide) groups is 1. The van der Waals surface area contributed by atoms with Crippen molar-refractivity contribution >= 4 is 33.7 Å². The Labute approximate surface area is 132 Å². The number of rotatable bonds is 5. The van der Waals surface area contributed by atoms with E-state index in [0.717, 1.165) is 17.8 Å². The number of hydrogen-bond donors (Lipinski definition) is 1. The molecule has 0 bridgehead atoms. The van der Waals surface area contributed by atoms with E-state index in [9.17, 15) is 13.6 Å². The third-order valence-corrected chi connectivity index (χ3v) is 4.27. The molecule has 0 aliphatic rings. The number of imidazole rings is 1. The van der Waals surface area contributed by atoms with E-state index in [2.05, 4.69) is 20.9 Å². The quantitative estimate of drug-likeness (QED) is 0.639. The maximum atomic E-state index is 14.1. The zero-order valence-corrected chi connectivity index (χ0v) is 13.3. The highest BCUT2D eigenvalue weighted by Crippen LogP contribution is 2.28. The summed E-state index contributed by atoms with van der Waals surface area (Å²) < 4.78 is 29.0. The van der Waals surface area contributed by atoms with E-state index in [-0.39, 0.29) is 15.9 Å². The molecule has 1 aromatic carbocycles. The van der Waals surface area contributed by atoms with Crippen molar-refractivity contribution in [1.82, 2.24) is 9.55 Å². The first-order valence-electron chi connectivity index (χ1n) is 6.00. The molecule has 2 aromatic rings. The number of aryl methyl sites for hydroxylation is 1. The molecular weight excluding hydrogens is 366 g/mol. The molecule has 2 rings (SSSR count). The first-order chi connectivity index (χ1) is 9.93. The molecule has 0 fully saturated rings. The normalized spacial score (nSPS) is 10.9. The van der Waals surface area contributed by atoms with Gasteiger partial charge in [-0.3, -0.25) is 9.36 Å². The maximum Gasteiger partial charge on any atom is 0.313 e. The lowest BCUT2D eigenvalue weighted by Gasteiger charge is -2.12. The average molecular weight is 377 g/mol. The minimum Gasteiger partial charge on any atom is -0.481 e. The molecule has 4 nitrogen and oxygen atoms in total. The zero-order chi connectivity index (χ0) is 15.6. The zero-order valence-electron chi connectivity index (χ0n) is 10.9. The second-order valence-electron chi connectivity index (χ2n) is 4.12. The molecule has 112 valence electrons. The van der Waals surface area contributed by atoms with E-state index in [0.29, 0.717) is 17.3 Å². The number of benzene rings is 1. The average Bonchev–Trinajstić information content (AvgIpc) is 2.83. The number of aromatic nitrogens is 2. The van der Waals surface area contributed by atoms with E-state index in [4.69, 9.17) is 5.11 Å². The van der Waals surface area contributed by atoms with Crippen molar-refractivity contribution in [3.05, 3.63) is 40.1 Å². The number of nitrogens with zero attached hydrogens (tertiary/aromatic N) is 2. The summed E-state index contributed by atoms with van der Waals surface area (Å²) in [5, 5.41) is 9.10. The van der Waals surface area contributed by atoms with Crippen molar-refractivity contribution in [1.29, 1.82) is 0 Å². The van der Waals surface area contributed by atoms with Crippen LogP contribution in [0, 0.1) is 11.6 Å². The predicted octanol–water partition coefficient (Wildman–Crippen LogP) is 3.65. The fourth-order valence-corrected chi connectivity index (χ4v) is 2.84. The Bertz CT molecular complexity index is 691. The largest absolute Gasteiger partial charge is 0.481 e. The van der Waals surface area contributed by atoms with Crippen LogP contribution in [0.5, 0.6) is 0 Å². The molecule has 0 saturated carbocycles. The van der Waals surface area contributed by atoms with Crippen LogP contribution < -0.4 is 0 Å². The summed E-state index contributed by atoms with van der Waals surface area (Å²) in [6, 6.07) is 2.10. The van der Waals surface area contributed by atoms with Gasteiger partial charge in [0.15, 0.2) is 5.16 Å². The number of halogens is 3. The van der Waals surface area contributed by atoms with Gasteiger partial charge < -0.3 is 5.11 Å². The van der Waals surface area contributed by atoms with Gasteiger partial charge in [-0.1, -0.05) is 18.7 Å². The summed E-state index contributed by atoms with van der Waals surface area (Å²) in [5.41, 5.74) is 0.839. The Kier molecular flexibility index (Phi) is 5.00. The molecule has 0 aliphatic carbocycles. The molecule has 0 saturated heterocycles. The van der Waals surface area contributed by atoms with E-state index >= 15 is 0 Å². The molecule has 0 atom stereocenters. The van der Waals surface area contributed by atoms with Crippen LogP contribution in [0.4, 0.5) is 8.78 Å². The first kappa shape index (κ1) is 16.0. The minimum atomic E-state index is -0.992. The third kappa shape index (κ3) is 3.44. The van der Waals surface area contributed by atoms with Crippen molar-refractivity contribution in [3.8, 4) is 5.69 Å². The smallest absolute Gasteiger partial charge is 0.313 e. The van der Waals surface area contributed by atoms with Crippen LogP contribution in [0.3, 0.4) is 0 Å². The Balaban J connectivity index is 2.53. The number of hydrogen-bond acceptors (Lipinski definition) is 3. The minimum absolute atomic E-state index is 0.129. The van der Waals surface area contributed by atoms with Crippen LogP contribution in [-0.2, 0) is 11.2 Å². The van der Waals surface area contributed by atoms with E-state index in [1.807, 2.05) is 6.92 Å². The summed E-state index contributed by atoms with van der Waals surface area (Å²) >= 11 is 4.00. The molecule has 1 heterocycles. The van der Waals surface area contributed by atoms with Gasteiger partial charge in [-0.2, -0.15) is 0 Å². The predicted molar refractivity (Wildman–Crippen MR) is 78.9 cm³/mol. The molecule has 0 amide bonds. The topological polar surface area (TPSA) is 55.1 Å². The maximum absolute atomic E-state index is 14.1. The number of aliphatic carboxylic acids is 1. The van der Waals surface area contributed by atoms with E-state index < -0.39 is 17.6 Å². The lowest BCUT2D eigenvalue weighted by molar-refractivity contribution is -0.133. The Morgan fingerprint density at radius 1 is 1.43 bits per heavy atom. The molecule has 0 unspecified atom stereocenters. The number of carbonyl (C=O) groups is 1. The summed E-state index contributed by atoms with van der Waals surface area (Å²) in [7, 11) is 0. The van der Waals surface area contributed by atoms with Crippen molar-refractivity contribution in [2.75, 3.05) is 5.75 Å². The summed E-state index contributed by atoms with van der Waals surface area (Å²) in [4.78, 5) is 14.8. The van der Waals surface area contributed by atoms with Crippen LogP contribution >= 0.6 is 27.7 Å². The molecule has 1 aromatic heterocycles. The van der Waals surface area contributed by atoms with Gasteiger partial charge in [0.2, 0.25) is 0 Å². The molecule has 1 N–H and O–H groups in total. The monoisotopic (exact) mass is 376 g/mol. The summed E-state index contributed by atoms with van der Waals surface area (Å²) in [6.45, 7) is 1.87. The number of carboxylic acid groups (broad SMARTS) is 1. The highest BCUT2D eigenvalue weighted by Gasteiger charge is 2.17. The molecule has 8 heteroatoms. The SMILES string of the molecule is CCc1cnc(SCC(=O)O)n1-c1cc(Br)c(F)cc1F. The first-order valence-corrected chi connectivity index (χ1v) is 7.78. The highest BCUT2D eigenvalue weighted by atomic mass is 79.9. The molecule has 21 heavy (non-hydrogen) atoms. The van der Waals surface area contributed by atoms with Crippen LogP contribution in [0.1, 0.15) is 12.6 Å². The van der Waals surface area contributed by atoms with Crippen LogP contribution in [0.25, 0.3) is 5.69 Å². The summed E-state index contributed by atoms with van der Waals surface area (Å²) in [5.74, 6) is -2.62. The molecule has 0 radical (unpaired) electrons. The molecule has 0 spiro atoms. The van der Waals surface area contributed by atoms with Gasteiger partial charge in [-0.25, -0.2) is 13.8 Å². The van der Waals surface area contributed by atoms with Gasteiger partial charge >= 0.3 is 5.97 Å². The van der Waals surface area contributed by atoms with E-state index in [1.165, 1.54) is 10.6 Å². The van der Waals surface area contributed by atoms with Gasteiger partial charge in [0, 0.05) is 18.0 Å². The lowest BCUT2D eigenvalue weighted by Crippen LogP contribution is -2.06. The van der Waals surface area contributed by atoms with Crippen molar-refractivity contribution in [2.45, 2.75) is 18.5 Å². The Hall–Kier alpha value is -1.41. The molecule has 0 aliphatic heterocycles. The number of carboxylic acids is 1. The van der Waals surface area contributed by atoms with Crippen LogP contribution in [0.2, 0.25) is 0 Å². The van der Waals surface area contributed by atoms with Gasteiger partial charge in [0.25, 0.3) is 0 Å². The lowest BCUT2D eigenvalue weighted by atomic mass is 10.2. The Morgan fingerprint density at radius 2 is 2.14 bits per heavy atom. The van der Waals surface area contributed by atoms with Gasteiger partial charge in [-0.05, 0) is 28.4 Å². The van der Waals surface area contributed by atoms with Gasteiger partial charge in [0.05, 0.1) is 15.9 Å². The van der Waals surface area contributed by atoms with Gasteiger partial charge in [-0.15, -0.1) is 0 Å². The van der Waals surface area contributed by atoms with E-state index in [1.54, 1.807) is 6.20 Å². The van der Waals surface area contributed by atoms with Crippen molar-refractivity contribution in [2.24, 2.45) is 0 Å². The van der Waals surface area contributed by atoms with Gasteiger partial charge in [0.1, 0.15) is 11.6 Å².